The molecule has 0 aromatic heterocycles. The highest BCUT2D eigenvalue weighted by Crippen LogP contribution is 2.44. The molecule has 0 saturated heterocycles. The van der Waals surface area contributed by atoms with E-state index >= 15 is 0 Å². The Morgan fingerprint density at radius 2 is 1.55 bits per heavy atom. The molecule has 1 aliphatic carbocycles. The Balaban J connectivity index is 1.75. The number of alkyl halides is 6. The summed E-state index contributed by atoms with van der Waals surface area (Å²) in [6, 6.07) is 5.07. The van der Waals surface area contributed by atoms with Crippen molar-refractivity contribution in [2.45, 2.75) is 59.8 Å². The van der Waals surface area contributed by atoms with Gasteiger partial charge in [-0.25, -0.2) is 16.8 Å². The molecule has 1 N–H and O–H groups in total. The lowest BCUT2D eigenvalue weighted by atomic mass is 9.73. The number of ether oxygens (including phenoxy) is 1. The molecule has 1 amide bonds. The number of hydrogen-bond donors (Lipinski definition) is 1. The van der Waals surface area contributed by atoms with E-state index in [1.165, 1.54) is 13.8 Å². The molecule has 0 bridgehead atoms. The first-order valence-corrected chi connectivity index (χ1v) is 14.3. The van der Waals surface area contributed by atoms with Gasteiger partial charge in [0.15, 0.2) is 19.7 Å². The fourth-order valence-corrected chi connectivity index (χ4v) is 6.79. The zero-order valence-electron chi connectivity index (χ0n) is 20.1. The Morgan fingerprint density at radius 3 is 2.08 bits per heavy atom. The average molecular weight is 588 g/mol. The van der Waals surface area contributed by atoms with Crippen molar-refractivity contribution in [3.8, 4) is 5.75 Å². The largest absolute Gasteiger partial charge is 0.573 e. The van der Waals surface area contributed by atoms with Crippen molar-refractivity contribution in [2.24, 2.45) is 5.92 Å². The lowest BCUT2D eigenvalue weighted by Gasteiger charge is -2.45. The second kappa shape index (κ2) is 9.74. The smallest absolute Gasteiger partial charge is 0.406 e. The Kier molecular flexibility index (Phi) is 7.62. The van der Waals surface area contributed by atoms with E-state index < -0.39 is 76.6 Å². The Hall–Kier alpha value is -2.81. The summed E-state index contributed by atoms with van der Waals surface area (Å²) >= 11 is 0. The topological polar surface area (TPSA) is 107 Å². The van der Waals surface area contributed by atoms with Crippen molar-refractivity contribution in [3.63, 3.8) is 0 Å². The van der Waals surface area contributed by atoms with Gasteiger partial charge >= 0.3 is 12.5 Å². The van der Waals surface area contributed by atoms with Gasteiger partial charge < -0.3 is 10.1 Å². The van der Waals surface area contributed by atoms with Crippen LogP contribution in [0, 0.1) is 5.92 Å². The van der Waals surface area contributed by atoms with Gasteiger partial charge in [0, 0.05) is 12.3 Å². The fourth-order valence-electron chi connectivity index (χ4n) is 4.12. The van der Waals surface area contributed by atoms with Gasteiger partial charge in [-0.05, 0) is 69.0 Å². The summed E-state index contributed by atoms with van der Waals surface area (Å²) in [4.78, 5) is 11.5. The van der Waals surface area contributed by atoms with Gasteiger partial charge in [-0.2, -0.15) is 13.2 Å². The van der Waals surface area contributed by atoms with Gasteiger partial charge in [0.25, 0.3) is 5.91 Å². The number of rotatable bonds is 7. The van der Waals surface area contributed by atoms with Gasteiger partial charge in [0.05, 0.1) is 25.7 Å². The third-order valence-electron chi connectivity index (χ3n) is 6.45. The first-order chi connectivity index (χ1) is 17.1. The van der Waals surface area contributed by atoms with Crippen LogP contribution in [0.1, 0.15) is 42.6 Å². The van der Waals surface area contributed by atoms with E-state index in [0.717, 1.165) is 30.3 Å². The Morgan fingerprint density at radius 1 is 0.947 bits per heavy atom. The quantitative estimate of drug-likeness (QED) is 0.468. The van der Waals surface area contributed by atoms with E-state index in [1.807, 2.05) is 0 Å². The summed E-state index contributed by atoms with van der Waals surface area (Å²) in [6.45, 7) is 2.78. The maximum Gasteiger partial charge on any atom is 0.573 e. The van der Waals surface area contributed by atoms with Gasteiger partial charge in [-0.3, -0.25) is 4.79 Å². The van der Waals surface area contributed by atoms with Crippen molar-refractivity contribution >= 4 is 25.6 Å². The van der Waals surface area contributed by atoms with Crippen LogP contribution in [0.4, 0.5) is 26.3 Å². The molecule has 2 aromatic rings. The highest BCUT2D eigenvalue weighted by Gasteiger charge is 2.49. The predicted molar refractivity (Wildman–Crippen MR) is 123 cm³/mol. The van der Waals surface area contributed by atoms with E-state index in [9.17, 15) is 48.0 Å². The predicted octanol–water partition coefficient (Wildman–Crippen LogP) is 4.77. The molecule has 1 aliphatic rings. The Bertz CT molecular complexity index is 1440. The molecule has 2 aromatic carbocycles. The van der Waals surface area contributed by atoms with Gasteiger partial charge in [-0.1, -0.05) is 6.07 Å². The number of hydrogen-bond acceptors (Lipinski definition) is 6. The molecule has 1 fully saturated rings. The lowest BCUT2D eigenvalue weighted by molar-refractivity contribution is -0.274. The minimum absolute atomic E-state index is 0.117. The molecule has 1 saturated carbocycles. The summed E-state index contributed by atoms with van der Waals surface area (Å²) in [5, 5.41) is 2.51. The highest BCUT2D eigenvalue weighted by molar-refractivity contribution is 7.92. The van der Waals surface area contributed by atoms with Crippen LogP contribution in [0.2, 0.25) is 0 Å². The van der Waals surface area contributed by atoms with Crippen LogP contribution in [0.3, 0.4) is 0 Å². The molecule has 15 heteroatoms. The van der Waals surface area contributed by atoms with E-state index in [-0.39, 0.29) is 17.7 Å². The molecular weight excluding hydrogens is 564 g/mol. The monoisotopic (exact) mass is 587 g/mol. The van der Waals surface area contributed by atoms with E-state index in [2.05, 4.69) is 10.1 Å². The van der Waals surface area contributed by atoms with Crippen LogP contribution < -0.4 is 10.1 Å². The minimum atomic E-state index is -5.01. The standard InChI is InChI=1S/C23H23F6NO6S2/c1-21(2,38(34,35)17-6-4-5-16(12-17)36-23(27,28)29)14-9-15(10-14)30-20(31)18-8-7-13(22(24,25)26)11-19(18)37(3,32)33/h4-8,11-12,14-15H,9-10H2,1-3H3,(H,30,31). The first kappa shape index (κ1) is 29.7. The summed E-state index contributed by atoms with van der Waals surface area (Å²) in [7, 11) is -8.38. The number of amides is 1. The van der Waals surface area contributed by atoms with Crippen molar-refractivity contribution in [1.29, 1.82) is 0 Å². The molecule has 38 heavy (non-hydrogen) atoms. The van der Waals surface area contributed by atoms with Crippen LogP contribution in [-0.4, -0.2) is 46.1 Å². The third-order valence-corrected chi connectivity index (χ3v) is 10.2. The van der Waals surface area contributed by atoms with Crippen molar-refractivity contribution in [2.75, 3.05) is 6.26 Å². The Labute approximate surface area is 215 Å². The number of nitrogens with one attached hydrogen (secondary N) is 1. The summed E-state index contributed by atoms with van der Waals surface area (Å²) in [5.41, 5.74) is -1.73. The molecule has 0 heterocycles. The van der Waals surface area contributed by atoms with Crippen LogP contribution in [0.25, 0.3) is 0 Å². The summed E-state index contributed by atoms with van der Waals surface area (Å²) in [6.07, 6.45) is -8.94. The van der Waals surface area contributed by atoms with Crippen molar-refractivity contribution in [1.82, 2.24) is 5.32 Å². The normalized spacial score (nSPS) is 19.0. The van der Waals surface area contributed by atoms with Crippen molar-refractivity contribution < 1.29 is 52.7 Å². The summed E-state index contributed by atoms with van der Waals surface area (Å²) in [5.74, 6) is -2.20. The van der Waals surface area contributed by atoms with Gasteiger partial charge in [0.2, 0.25) is 0 Å². The number of halogens is 6. The van der Waals surface area contributed by atoms with Crippen LogP contribution in [0.5, 0.6) is 5.75 Å². The SMILES string of the molecule is CC(C)(C1CC(NC(=O)c2ccc(C(F)(F)F)cc2S(C)(=O)=O)C1)S(=O)(=O)c1cccc(OC(F)(F)F)c1. The van der Waals surface area contributed by atoms with E-state index in [0.29, 0.717) is 18.4 Å². The second-order valence-corrected chi connectivity index (χ2v) is 14.0. The zero-order valence-corrected chi connectivity index (χ0v) is 21.8. The second-order valence-electron chi connectivity index (χ2n) is 9.45. The first-order valence-electron chi connectivity index (χ1n) is 11.0. The van der Waals surface area contributed by atoms with E-state index in [4.69, 9.17) is 0 Å². The molecule has 3 rings (SSSR count). The molecule has 0 aliphatic heterocycles. The molecule has 0 unspecified atom stereocenters. The number of carbonyl (C=O) groups excluding carboxylic acids is 1. The average Bonchev–Trinajstić information content (AvgIpc) is 2.72. The molecule has 210 valence electrons. The maximum atomic E-state index is 13.2. The number of sulfone groups is 2. The van der Waals surface area contributed by atoms with Crippen molar-refractivity contribution in [3.05, 3.63) is 53.6 Å². The van der Waals surface area contributed by atoms with Crippen LogP contribution in [0.15, 0.2) is 52.3 Å². The number of carbonyl (C=O) groups is 1. The maximum absolute atomic E-state index is 13.2. The fraction of sp³-hybridized carbons (Fsp3) is 0.435. The molecular formula is C23H23F6NO6S2. The molecule has 0 spiro atoms. The molecule has 0 radical (unpaired) electrons. The van der Waals surface area contributed by atoms with E-state index in [1.54, 1.807) is 0 Å². The number of benzene rings is 2. The highest BCUT2D eigenvalue weighted by atomic mass is 32.2. The van der Waals surface area contributed by atoms with Gasteiger partial charge in [0.1, 0.15) is 5.75 Å². The van der Waals surface area contributed by atoms with Crippen LogP contribution in [-0.2, 0) is 25.9 Å². The lowest BCUT2D eigenvalue weighted by Crippen LogP contribution is -2.53. The van der Waals surface area contributed by atoms with Gasteiger partial charge in [-0.15, -0.1) is 13.2 Å². The third kappa shape index (κ3) is 6.25. The zero-order chi connectivity index (χ0) is 28.9. The molecule has 7 nitrogen and oxygen atoms in total. The molecule has 0 atom stereocenters. The van der Waals surface area contributed by atoms with Crippen LogP contribution >= 0.6 is 0 Å². The summed E-state index contributed by atoms with van der Waals surface area (Å²) < 4.78 is 130. The minimum Gasteiger partial charge on any atom is -0.406 e.